The number of aliphatic hydroxyl groups excluding tert-OH is 1. The summed E-state index contributed by atoms with van der Waals surface area (Å²) in [7, 11) is 0. The Morgan fingerprint density at radius 3 is 2.55 bits per heavy atom. The van der Waals surface area contributed by atoms with Gasteiger partial charge in [-0.15, -0.1) is 0 Å². The minimum absolute atomic E-state index is 0.0363. The van der Waals surface area contributed by atoms with Crippen molar-refractivity contribution in [1.29, 1.82) is 0 Å². The highest BCUT2D eigenvalue weighted by Gasteiger charge is 2.76. The number of likely N-dealkylation sites (tertiary alicyclic amines) is 1. The van der Waals surface area contributed by atoms with Gasteiger partial charge in [0.2, 0.25) is 17.7 Å². The molecule has 0 saturated carbocycles. The van der Waals surface area contributed by atoms with Crippen molar-refractivity contribution in [3.8, 4) is 0 Å². The molecule has 2 bridgehead atoms. The highest BCUT2D eigenvalue weighted by atomic mass is 79.9. The molecule has 0 radical (unpaired) electrons. The molecule has 3 N–H and O–H groups in total. The van der Waals surface area contributed by atoms with E-state index >= 15 is 0 Å². The number of nitrogens with zero attached hydrogens (tertiary/aromatic N) is 1. The number of carbonyl (C=O) groups is 3. The lowest BCUT2D eigenvalue weighted by molar-refractivity contribution is -0.142. The van der Waals surface area contributed by atoms with Gasteiger partial charge in [0.05, 0.1) is 17.9 Å². The quantitative estimate of drug-likeness (QED) is 0.276. The van der Waals surface area contributed by atoms with Gasteiger partial charge in [0.25, 0.3) is 0 Å². The average Bonchev–Trinajstić information content (AvgIpc) is 3.33. The predicted octanol–water partition coefficient (Wildman–Crippen LogP) is 1.34. The minimum atomic E-state index is -0.988. The molecular formula is C22H36BrN3O5. The number of aliphatic hydroxyl groups is 1. The molecule has 6 atom stereocenters. The molecular weight excluding hydrogens is 466 g/mol. The number of amides is 3. The number of hydrogen-bond acceptors (Lipinski definition) is 5. The van der Waals surface area contributed by atoms with Gasteiger partial charge in [-0.3, -0.25) is 14.4 Å². The number of carbonyl (C=O) groups excluding carboxylic acids is 3. The van der Waals surface area contributed by atoms with E-state index in [1.54, 1.807) is 4.90 Å². The zero-order chi connectivity index (χ0) is 22.6. The van der Waals surface area contributed by atoms with E-state index in [0.29, 0.717) is 38.9 Å². The number of alkyl halides is 1. The van der Waals surface area contributed by atoms with Crippen molar-refractivity contribution in [3.63, 3.8) is 0 Å². The fraction of sp³-hybridized carbons (Fsp3) is 0.864. The molecule has 0 aromatic rings. The average molecular weight is 502 g/mol. The topological polar surface area (TPSA) is 108 Å². The van der Waals surface area contributed by atoms with Crippen molar-refractivity contribution in [2.45, 2.75) is 81.4 Å². The smallest absolute Gasteiger partial charge is 0.245 e. The van der Waals surface area contributed by atoms with Crippen LogP contribution in [-0.4, -0.2) is 76.5 Å². The first kappa shape index (κ1) is 24.5. The van der Waals surface area contributed by atoms with Gasteiger partial charge >= 0.3 is 0 Å². The van der Waals surface area contributed by atoms with Crippen LogP contribution in [-0.2, 0) is 19.1 Å². The van der Waals surface area contributed by atoms with Gasteiger partial charge in [-0.2, -0.15) is 0 Å². The third-order valence-corrected chi connectivity index (χ3v) is 7.62. The number of fused-ring (bicyclic) bond motifs is 1. The molecule has 9 heteroatoms. The maximum atomic E-state index is 13.6. The summed E-state index contributed by atoms with van der Waals surface area (Å²) in [6.07, 6.45) is 5.03. The van der Waals surface area contributed by atoms with Crippen molar-refractivity contribution in [2.24, 2.45) is 11.8 Å². The molecule has 0 aromatic heterocycles. The number of halogens is 1. The van der Waals surface area contributed by atoms with E-state index < -0.39 is 29.6 Å². The lowest BCUT2D eigenvalue weighted by atomic mass is 9.70. The zero-order valence-electron chi connectivity index (χ0n) is 18.6. The molecule has 3 aliphatic rings. The second kappa shape index (κ2) is 10.6. The molecule has 3 unspecified atom stereocenters. The Kier molecular flexibility index (Phi) is 8.37. The Hall–Kier alpha value is -1.19. The summed E-state index contributed by atoms with van der Waals surface area (Å²) >= 11 is 3.66. The third-order valence-electron chi connectivity index (χ3n) is 6.78. The van der Waals surface area contributed by atoms with Crippen LogP contribution in [0.25, 0.3) is 0 Å². The molecule has 3 rings (SSSR count). The minimum Gasteiger partial charge on any atom is -0.396 e. The number of unbranched alkanes of at least 4 members (excludes halogenated alkanes) is 3. The van der Waals surface area contributed by atoms with Crippen molar-refractivity contribution in [2.75, 3.05) is 26.2 Å². The summed E-state index contributed by atoms with van der Waals surface area (Å²) in [5.74, 6) is -1.80. The Labute approximate surface area is 193 Å². The molecule has 3 aliphatic heterocycles. The number of rotatable bonds is 12. The van der Waals surface area contributed by atoms with Crippen LogP contribution in [0, 0.1) is 11.8 Å². The molecule has 0 aromatic carbocycles. The van der Waals surface area contributed by atoms with Gasteiger partial charge in [-0.05, 0) is 32.1 Å². The molecule has 1 spiro atoms. The van der Waals surface area contributed by atoms with E-state index in [1.165, 1.54) is 0 Å². The molecule has 0 aliphatic carbocycles. The van der Waals surface area contributed by atoms with Gasteiger partial charge in [-0.1, -0.05) is 42.6 Å². The van der Waals surface area contributed by atoms with Crippen LogP contribution in [0.2, 0.25) is 0 Å². The summed E-state index contributed by atoms with van der Waals surface area (Å²) in [4.78, 5) is 41.4. The van der Waals surface area contributed by atoms with Crippen molar-refractivity contribution >= 4 is 33.7 Å². The van der Waals surface area contributed by atoms with Crippen molar-refractivity contribution < 1.29 is 24.2 Å². The van der Waals surface area contributed by atoms with Crippen LogP contribution >= 0.6 is 15.9 Å². The standard InChI is InChI=1S/C22H36BrN3O5/c1-3-5-6-10-25-20(29)18-22-13-14(23)17(31-22)15(19(28)24-9-4-2)16(22)21(30)26(18)11-7-8-12-27/h14-18,27H,3-13H2,1-2H3,(H,24,28)(H,25,29)/t14?,15-,16-,17-,18?,22?/m0/s1. The summed E-state index contributed by atoms with van der Waals surface area (Å²) in [5.41, 5.74) is -0.988. The van der Waals surface area contributed by atoms with Crippen LogP contribution in [0.4, 0.5) is 0 Å². The first-order valence-electron chi connectivity index (χ1n) is 11.7. The Morgan fingerprint density at radius 2 is 1.87 bits per heavy atom. The van der Waals surface area contributed by atoms with Crippen molar-refractivity contribution in [1.82, 2.24) is 15.5 Å². The van der Waals surface area contributed by atoms with Gasteiger partial charge in [0, 0.05) is 31.1 Å². The van der Waals surface area contributed by atoms with E-state index in [0.717, 1.165) is 25.7 Å². The summed E-state index contributed by atoms with van der Waals surface area (Å²) < 4.78 is 6.40. The first-order chi connectivity index (χ1) is 14.9. The fourth-order valence-corrected chi connectivity index (χ4v) is 6.36. The van der Waals surface area contributed by atoms with E-state index in [9.17, 15) is 19.5 Å². The van der Waals surface area contributed by atoms with E-state index in [2.05, 4.69) is 33.5 Å². The first-order valence-corrected chi connectivity index (χ1v) is 12.6. The largest absolute Gasteiger partial charge is 0.396 e. The number of ether oxygens (including phenoxy) is 1. The number of nitrogens with one attached hydrogen (secondary N) is 2. The SMILES string of the molecule is CCCCCNC(=O)C1N(CCCCO)C(=O)[C@@H]2[C@H](C(=O)NCCC)[C@H]3OC12CC3Br. The second-order valence-corrected chi connectivity index (χ2v) is 10.1. The monoisotopic (exact) mass is 501 g/mol. The molecule has 3 amide bonds. The molecule has 3 fully saturated rings. The summed E-state index contributed by atoms with van der Waals surface area (Å²) in [6.45, 7) is 5.60. The highest BCUT2D eigenvalue weighted by Crippen LogP contribution is 2.59. The summed E-state index contributed by atoms with van der Waals surface area (Å²) in [5, 5.41) is 15.1. The van der Waals surface area contributed by atoms with Gasteiger partial charge in [0.1, 0.15) is 11.6 Å². The van der Waals surface area contributed by atoms with Gasteiger partial charge in [0.15, 0.2) is 0 Å². The summed E-state index contributed by atoms with van der Waals surface area (Å²) in [6, 6.07) is -0.751. The van der Waals surface area contributed by atoms with Crippen molar-refractivity contribution in [3.05, 3.63) is 0 Å². The lowest BCUT2D eigenvalue weighted by Gasteiger charge is -2.34. The Balaban J connectivity index is 1.87. The Morgan fingerprint density at radius 1 is 1.13 bits per heavy atom. The fourth-order valence-electron chi connectivity index (χ4n) is 5.41. The highest BCUT2D eigenvalue weighted by molar-refractivity contribution is 9.09. The van der Waals surface area contributed by atoms with Crippen LogP contribution in [0.1, 0.15) is 58.8 Å². The molecule has 176 valence electrons. The normalized spacial score (nSPS) is 33.6. The van der Waals surface area contributed by atoms with E-state index in [4.69, 9.17) is 4.74 Å². The van der Waals surface area contributed by atoms with Gasteiger partial charge in [-0.25, -0.2) is 0 Å². The molecule has 3 heterocycles. The van der Waals surface area contributed by atoms with Crippen LogP contribution in [0.3, 0.4) is 0 Å². The van der Waals surface area contributed by atoms with E-state index in [-0.39, 0.29) is 29.2 Å². The van der Waals surface area contributed by atoms with E-state index in [1.807, 2.05) is 6.92 Å². The maximum absolute atomic E-state index is 13.6. The van der Waals surface area contributed by atoms with Crippen LogP contribution in [0.15, 0.2) is 0 Å². The molecule has 31 heavy (non-hydrogen) atoms. The van der Waals surface area contributed by atoms with Crippen LogP contribution in [0.5, 0.6) is 0 Å². The second-order valence-electron chi connectivity index (χ2n) is 8.92. The third kappa shape index (κ3) is 4.50. The zero-order valence-corrected chi connectivity index (χ0v) is 20.2. The Bertz CT molecular complexity index is 678. The predicted molar refractivity (Wildman–Crippen MR) is 120 cm³/mol. The number of hydrogen-bond donors (Lipinski definition) is 3. The maximum Gasteiger partial charge on any atom is 0.245 e. The van der Waals surface area contributed by atoms with Gasteiger partial charge < -0.3 is 25.4 Å². The molecule has 3 saturated heterocycles. The lowest BCUT2D eigenvalue weighted by Crippen LogP contribution is -2.56. The van der Waals surface area contributed by atoms with Crippen LogP contribution < -0.4 is 10.6 Å². The molecule has 8 nitrogen and oxygen atoms in total.